The topological polar surface area (TPSA) is 95.6 Å². The Labute approximate surface area is 162 Å². The number of hydrogen-bond acceptors (Lipinski definition) is 5. The van der Waals surface area contributed by atoms with Crippen molar-refractivity contribution in [2.75, 3.05) is 16.2 Å². The van der Waals surface area contributed by atoms with E-state index >= 15 is 0 Å². The zero-order valence-corrected chi connectivity index (χ0v) is 16.7. The summed E-state index contributed by atoms with van der Waals surface area (Å²) in [7, 11) is -3.72. The highest BCUT2D eigenvalue weighted by molar-refractivity contribution is 7.94. The lowest BCUT2D eigenvalue weighted by molar-refractivity contribution is -0.119. The van der Waals surface area contributed by atoms with Gasteiger partial charge < -0.3 is 10.2 Å². The van der Waals surface area contributed by atoms with Gasteiger partial charge in [0.1, 0.15) is 4.21 Å². The van der Waals surface area contributed by atoms with Gasteiger partial charge in [-0.05, 0) is 49.2 Å². The predicted octanol–water partition coefficient (Wildman–Crippen LogP) is 2.62. The van der Waals surface area contributed by atoms with E-state index in [-0.39, 0.29) is 16.0 Å². The number of amides is 2. The zero-order valence-electron chi connectivity index (χ0n) is 15.1. The third-order valence-electron chi connectivity index (χ3n) is 4.23. The summed E-state index contributed by atoms with van der Waals surface area (Å²) in [6, 6.07) is 8.37. The smallest absolute Gasteiger partial charge is 0.271 e. The summed E-state index contributed by atoms with van der Waals surface area (Å²) >= 11 is 1.11. The molecule has 1 aromatic carbocycles. The Bertz CT molecular complexity index is 982. The van der Waals surface area contributed by atoms with Crippen LogP contribution in [0.3, 0.4) is 0 Å². The Balaban J connectivity index is 1.75. The summed E-state index contributed by atoms with van der Waals surface area (Å²) in [5.74, 6) is -0.0744. The van der Waals surface area contributed by atoms with E-state index < -0.39 is 10.0 Å². The van der Waals surface area contributed by atoms with Crippen molar-refractivity contribution in [3.8, 4) is 0 Å². The first kappa shape index (κ1) is 19.4. The minimum Gasteiger partial charge on any atom is -0.351 e. The first-order valence-corrected chi connectivity index (χ1v) is 10.8. The molecule has 0 unspecified atom stereocenters. The van der Waals surface area contributed by atoms with Gasteiger partial charge in [0.15, 0.2) is 0 Å². The monoisotopic (exact) mass is 407 g/mol. The summed E-state index contributed by atoms with van der Waals surface area (Å²) in [6.45, 7) is 4.26. The van der Waals surface area contributed by atoms with Crippen LogP contribution in [-0.4, -0.2) is 26.8 Å². The summed E-state index contributed by atoms with van der Waals surface area (Å²) in [4.78, 5) is 25.4. The van der Waals surface area contributed by atoms with Crippen molar-refractivity contribution in [2.24, 2.45) is 0 Å². The lowest BCUT2D eigenvalue weighted by Gasteiger charge is -2.19. The van der Waals surface area contributed by atoms with E-state index in [4.69, 9.17) is 0 Å². The molecule has 2 amide bonds. The van der Waals surface area contributed by atoms with Crippen LogP contribution in [0.2, 0.25) is 0 Å². The Morgan fingerprint density at radius 2 is 2.04 bits per heavy atom. The molecule has 0 atom stereocenters. The lowest BCUT2D eigenvalue weighted by Crippen LogP contribution is -2.24. The molecule has 1 aliphatic rings. The molecule has 3 rings (SSSR count). The predicted molar refractivity (Wildman–Crippen MR) is 105 cm³/mol. The molecule has 0 bridgehead atoms. The van der Waals surface area contributed by atoms with Gasteiger partial charge in [-0.15, -0.1) is 11.3 Å². The van der Waals surface area contributed by atoms with Gasteiger partial charge >= 0.3 is 0 Å². The number of carbonyl (C=O) groups is 2. The molecule has 0 aliphatic carbocycles. The molecule has 2 N–H and O–H groups in total. The number of carbonyl (C=O) groups excluding carboxylic acids is 2. The van der Waals surface area contributed by atoms with Crippen molar-refractivity contribution in [1.29, 1.82) is 0 Å². The number of nitrogens with zero attached hydrogens (tertiary/aromatic N) is 1. The van der Waals surface area contributed by atoms with Crippen molar-refractivity contribution in [1.82, 2.24) is 5.32 Å². The normalized spacial score (nSPS) is 14.4. The number of thiophene rings is 1. The number of aryl methyl sites for hydroxylation is 1. The molecule has 144 valence electrons. The third kappa shape index (κ3) is 4.48. The highest BCUT2D eigenvalue weighted by Gasteiger charge is 2.23. The number of benzene rings is 1. The second-order valence-electron chi connectivity index (χ2n) is 6.39. The maximum absolute atomic E-state index is 12.6. The average Bonchev–Trinajstić information content (AvgIpc) is 3.22. The molecule has 2 aromatic rings. The highest BCUT2D eigenvalue weighted by atomic mass is 32.2. The maximum Gasteiger partial charge on any atom is 0.271 e. The molecular weight excluding hydrogens is 386 g/mol. The largest absolute Gasteiger partial charge is 0.351 e. The molecule has 1 saturated heterocycles. The van der Waals surface area contributed by atoms with Crippen molar-refractivity contribution in [3.05, 3.63) is 40.8 Å². The molecular formula is C18H21N3O4S2. The average molecular weight is 408 g/mol. The van der Waals surface area contributed by atoms with Crippen LogP contribution in [0.25, 0.3) is 0 Å². The second kappa shape index (κ2) is 7.69. The number of sulfonamides is 1. The molecule has 2 heterocycles. The van der Waals surface area contributed by atoms with Gasteiger partial charge in [0, 0.05) is 36.1 Å². The number of rotatable bonds is 6. The van der Waals surface area contributed by atoms with Gasteiger partial charge in [-0.3, -0.25) is 14.3 Å². The summed E-state index contributed by atoms with van der Waals surface area (Å²) < 4.78 is 28.0. The SMILES string of the molecule is CC(=O)NCc1ccc(S(=O)(=O)Nc2ccc(N3CCCC3=O)c(C)c2)s1. The zero-order chi connectivity index (χ0) is 19.6. The highest BCUT2D eigenvalue weighted by Crippen LogP contribution is 2.29. The molecule has 1 aromatic heterocycles. The first-order valence-electron chi connectivity index (χ1n) is 8.53. The van der Waals surface area contributed by atoms with Crippen LogP contribution in [-0.2, 0) is 26.2 Å². The quantitative estimate of drug-likeness (QED) is 0.769. The van der Waals surface area contributed by atoms with E-state index in [1.54, 1.807) is 29.2 Å². The van der Waals surface area contributed by atoms with E-state index in [1.165, 1.54) is 13.0 Å². The number of anilines is 2. The number of nitrogens with one attached hydrogen (secondary N) is 2. The van der Waals surface area contributed by atoms with Gasteiger partial charge in [-0.2, -0.15) is 0 Å². The fourth-order valence-electron chi connectivity index (χ4n) is 2.94. The van der Waals surface area contributed by atoms with E-state index in [2.05, 4.69) is 10.0 Å². The van der Waals surface area contributed by atoms with Crippen LogP contribution in [0.4, 0.5) is 11.4 Å². The minimum absolute atomic E-state index is 0.0942. The Hall–Kier alpha value is -2.39. The lowest BCUT2D eigenvalue weighted by atomic mass is 10.1. The van der Waals surface area contributed by atoms with Gasteiger partial charge in [0.25, 0.3) is 10.0 Å². The summed E-state index contributed by atoms with van der Waals surface area (Å²) in [5, 5.41) is 2.64. The summed E-state index contributed by atoms with van der Waals surface area (Å²) in [5.41, 5.74) is 2.09. The first-order chi connectivity index (χ1) is 12.8. The van der Waals surface area contributed by atoms with Crippen LogP contribution in [0, 0.1) is 6.92 Å². The third-order valence-corrected chi connectivity index (χ3v) is 7.18. The van der Waals surface area contributed by atoms with E-state index in [0.29, 0.717) is 25.2 Å². The fourth-order valence-corrected chi connectivity index (χ4v) is 5.28. The Kier molecular flexibility index (Phi) is 5.52. The van der Waals surface area contributed by atoms with Crippen molar-refractivity contribution in [3.63, 3.8) is 0 Å². The van der Waals surface area contributed by atoms with E-state index in [0.717, 1.165) is 33.9 Å². The Morgan fingerprint density at radius 3 is 2.67 bits per heavy atom. The molecule has 7 nitrogen and oxygen atoms in total. The van der Waals surface area contributed by atoms with Crippen molar-refractivity contribution < 1.29 is 18.0 Å². The van der Waals surface area contributed by atoms with E-state index in [1.807, 2.05) is 6.92 Å². The molecule has 0 saturated carbocycles. The molecule has 0 radical (unpaired) electrons. The number of hydrogen-bond donors (Lipinski definition) is 2. The fraction of sp³-hybridized carbons (Fsp3) is 0.333. The van der Waals surface area contributed by atoms with Crippen molar-refractivity contribution >= 4 is 44.5 Å². The van der Waals surface area contributed by atoms with E-state index in [9.17, 15) is 18.0 Å². The maximum atomic E-state index is 12.6. The minimum atomic E-state index is -3.72. The Morgan fingerprint density at radius 1 is 1.26 bits per heavy atom. The van der Waals surface area contributed by atoms with Gasteiger partial charge in [-0.1, -0.05) is 0 Å². The van der Waals surface area contributed by atoms with Gasteiger partial charge in [0.2, 0.25) is 11.8 Å². The van der Waals surface area contributed by atoms with Crippen molar-refractivity contribution in [2.45, 2.75) is 37.4 Å². The van der Waals surface area contributed by atoms with Crippen LogP contribution >= 0.6 is 11.3 Å². The molecule has 0 spiro atoms. The standard InChI is InChI=1S/C18H21N3O4S2/c1-12-10-14(5-7-16(12)21-9-3-4-17(21)23)20-27(24,25)18-8-6-15(26-18)11-19-13(2)22/h5-8,10,20H,3-4,9,11H2,1-2H3,(H,19,22). The summed E-state index contributed by atoms with van der Waals surface area (Å²) in [6.07, 6.45) is 1.39. The molecule has 9 heteroatoms. The van der Waals surface area contributed by atoms with Gasteiger partial charge in [0.05, 0.1) is 6.54 Å². The van der Waals surface area contributed by atoms with Gasteiger partial charge in [-0.25, -0.2) is 8.42 Å². The van der Waals surface area contributed by atoms with Crippen LogP contribution in [0.5, 0.6) is 0 Å². The molecule has 1 fully saturated rings. The second-order valence-corrected chi connectivity index (χ2v) is 9.46. The molecule has 27 heavy (non-hydrogen) atoms. The van der Waals surface area contributed by atoms with Crippen LogP contribution in [0.15, 0.2) is 34.5 Å². The van der Waals surface area contributed by atoms with Crippen LogP contribution < -0.4 is 14.9 Å². The van der Waals surface area contributed by atoms with Crippen LogP contribution in [0.1, 0.15) is 30.2 Å². The molecule has 1 aliphatic heterocycles.